The molecule has 2 aromatic carbocycles. The molecule has 0 bridgehead atoms. The van der Waals surface area contributed by atoms with Gasteiger partial charge in [0.15, 0.2) is 0 Å². The lowest BCUT2D eigenvalue weighted by atomic mass is 9.72. The lowest BCUT2D eigenvalue weighted by Crippen LogP contribution is -2.26. The van der Waals surface area contributed by atoms with Gasteiger partial charge < -0.3 is 5.32 Å². The monoisotopic (exact) mass is 315 g/mol. The molecule has 0 saturated heterocycles. The molecule has 1 aliphatic carbocycles. The summed E-state index contributed by atoms with van der Waals surface area (Å²) in [4.78, 5) is 0. The van der Waals surface area contributed by atoms with Gasteiger partial charge in [-0.15, -0.1) is 12.4 Å². The first-order valence-corrected chi connectivity index (χ1v) is 8.07. The van der Waals surface area contributed by atoms with Crippen molar-refractivity contribution in [2.24, 2.45) is 0 Å². The summed E-state index contributed by atoms with van der Waals surface area (Å²) < 4.78 is 0. The molecule has 1 nitrogen and oxygen atoms in total. The van der Waals surface area contributed by atoms with Crippen LogP contribution >= 0.6 is 12.4 Å². The Morgan fingerprint density at radius 3 is 2.45 bits per heavy atom. The highest BCUT2D eigenvalue weighted by Crippen LogP contribution is 2.52. The first-order valence-electron chi connectivity index (χ1n) is 8.07. The van der Waals surface area contributed by atoms with Gasteiger partial charge in [-0.1, -0.05) is 61.5 Å². The van der Waals surface area contributed by atoms with E-state index in [1.807, 2.05) is 7.05 Å². The summed E-state index contributed by atoms with van der Waals surface area (Å²) >= 11 is 0. The predicted octanol–water partition coefficient (Wildman–Crippen LogP) is 4.90. The number of benzene rings is 2. The molecule has 0 saturated carbocycles. The van der Waals surface area contributed by atoms with E-state index in [-0.39, 0.29) is 17.8 Å². The molecule has 0 aromatic heterocycles. The summed E-state index contributed by atoms with van der Waals surface area (Å²) in [6, 6.07) is 20.2. The molecule has 1 aliphatic rings. The SMILES string of the molecule is CNCCCC1(c2ccccc2)CC(C)c2ccccc21.Cl. The highest BCUT2D eigenvalue weighted by atomic mass is 35.5. The number of hydrogen-bond donors (Lipinski definition) is 1. The van der Waals surface area contributed by atoms with E-state index in [4.69, 9.17) is 0 Å². The highest BCUT2D eigenvalue weighted by Gasteiger charge is 2.42. The summed E-state index contributed by atoms with van der Waals surface area (Å²) in [6.45, 7) is 3.47. The minimum Gasteiger partial charge on any atom is -0.320 e. The van der Waals surface area contributed by atoms with Gasteiger partial charge in [-0.25, -0.2) is 0 Å². The number of fused-ring (bicyclic) bond motifs is 1. The summed E-state index contributed by atoms with van der Waals surface area (Å²) in [6.07, 6.45) is 3.67. The normalized spacial score (nSPS) is 22.9. The van der Waals surface area contributed by atoms with Gasteiger partial charge in [-0.2, -0.15) is 0 Å². The first-order chi connectivity index (χ1) is 10.3. The van der Waals surface area contributed by atoms with Crippen LogP contribution in [-0.4, -0.2) is 13.6 Å². The van der Waals surface area contributed by atoms with Crippen molar-refractivity contribution < 1.29 is 0 Å². The fourth-order valence-electron chi connectivity index (χ4n) is 4.08. The molecule has 0 amide bonds. The number of rotatable bonds is 5. The summed E-state index contributed by atoms with van der Waals surface area (Å²) in [5, 5.41) is 3.30. The highest BCUT2D eigenvalue weighted by molar-refractivity contribution is 5.85. The van der Waals surface area contributed by atoms with E-state index in [2.05, 4.69) is 66.8 Å². The molecule has 2 unspecified atom stereocenters. The molecule has 1 N–H and O–H groups in total. The minimum atomic E-state index is 0. The number of nitrogens with one attached hydrogen (secondary N) is 1. The van der Waals surface area contributed by atoms with Gasteiger partial charge in [-0.3, -0.25) is 0 Å². The second-order valence-corrected chi connectivity index (χ2v) is 6.35. The van der Waals surface area contributed by atoms with Crippen LogP contribution in [0.15, 0.2) is 54.6 Å². The Morgan fingerprint density at radius 1 is 1.05 bits per heavy atom. The van der Waals surface area contributed by atoms with Crippen molar-refractivity contribution in [1.82, 2.24) is 5.32 Å². The van der Waals surface area contributed by atoms with Gasteiger partial charge >= 0.3 is 0 Å². The van der Waals surface area contributed by atoms with E-state index in [1.54, 1.807) is 11.1 Å². The van der Waals surface area contributed by atoms with Crippen molar-refractivity contribution in [3.8, 4) is 0 Å². The molecule has 0 spiro atoms. The predicted molar refractivity (Wildman–Crippen MR) is 97.1 cm³/mol. The molecule has 0 heterocycles. The standard InChI is InChI=1S/C20H25N.ClH/c1-16-15-20(13-8-14-21-2,17-9-4-3-5-10-17)19-12-7-6-11-18(16)19;/h3-7,9-12,16,21H,8,13-15H2,1-2H3;1H. The Bertz CT molecular complexity index is 596. The van der Waals surface area contributed by atoms with E-state index in [9.17, 15) is 0 Å². The van der Waals surface area contributed by atoms with Crippen molar-refractivity contribution in [3.63, 3.8) is 0 Å². The van der Waals surface area contributed by atoms with Crippen molar-refractivity contribution in [2.45, 2.75) is 37.5 Å². The Kier molecular flexibility index (Phi) is 5.66. The zero-order chi connectivity index (χ0) is 14.7. The third-order valence-corrected chi connectivity index (χ3v) is 5.02. The van der Waals surface area contributed by atoms with Gasteiger partial charge in [-0.05, 0) is 55.5 Å². The fourth-order valence-corrected chi connectivity index (χ4v) is 4.08. The number of halogens is 1. The van der Waals surface area contributed by atoms with Crippen LogP contribution in [0.4, 0.5) is 0 Å². The van der Waals surface area contributed by atoms with Gasteiger partial charge in [0, 0.05) is 5.41 Å². The second kappa shape index (κ2) is 7.30. The van der Waals surface area contributed by atoms with Crippen molar-refractivity contribution in [3.05, 3.63) is 71.3 Å². The summed E-state index contributed by atoms with van der Waals surface area (Å²) in [7, 11) is 2.04. The van der Waals surface area contributed by atoms with Crippen LogP contribution in [0.5, 0.6) is 0 Å². The molecular weight excluding hydrogens is 290 g/mol. The van der Waals surface area contributed by atoms with Gasteiger partial charge in [0.1, 0.15) is 0 Å². The molecule has 0 radical (unpaired) electrons. The van der Waals surface area contributed by atoms with Crippen LogP contribution in [0.25, 0.3) is 0 Å². The Balaban J connectivity index is 0.00000176. The first kappa shape index (κ1) is 17.1. The zero-order valence-corrected chi connectivity index (χ0v) is 14.3. The molecule has 0 aliphatic heterocycles. The summed E-state index contributed by atoms with van der Waals surface area (Å²) in [5.41, 5.74) is 4.79. The Hall–Kier alpha value is -1.31. The fraction of sp³-hybridized carbons (Fsp3) is 0.400. The average Bonchev–Trinajstić information content (AvgIpc) is 2.83. The molecule has 2 atom stereocenters. The van der Waals surface area contributed by atoms with E-state index in [0.717, 1.165) is 6.54 Å². The van der Waals surface area contributed by atoms with E-state index < -0.39 is 0 Å². The Labute approximate surface area is 140 Å². The maximum atomic E-state index is 3.30. The van der Waals surface area contributed by atoms with Crippen LogP contribution in [0.3, 0.4) is 0 Å². The quantitative estimate of drug-likeness (QED) is 0.774. The summed E-state index contributed by atoms with van der Waals surface area (Å²) in [5.74, 6) is 0.649. The number of hydrogen-bond acceptors (Lipinski definition) is 1. The smallest absolute Gasteiger partial charge is 0.0211 e. The molecule has 22 heavy (non-hydrogen) atoms. The van der Waals surface area contributed by atoms with E-state index in [1.165, 1.54) is 24.8 Å². The van der Waals surface area contributed by atoms with Crippen LogP contribution in [-0.2, 0) is 5.41 Å². The van der Waals surface area contributed by atoms with Crippen molar-refractivity contribution in [2.75, 3.05) is 13.6 Å². The lowest BCUT2D eigenvalue weighted by Gasteiger charge is -2.32. The molecular formula is C20H26ClN. The molecule has 118 valence electrons. The van der Waals surface area contributed by atoms with Crippen LogP contribution in [0.2, 0.25) is 0 Å². The average molecular weight is 316 g/mol. The van der Waals surface area contributed by atoms with E-state index in [0.29, 0.717) is 5.92 Å². The van der Waals surface area contributed by atoms with Crippen molar-refractivity contribution >= 4 is 12.4 Å². The minimum absolute atomic E-state index is 0. The maximum Gasteiger partial charge on any atom is 0.0211 e. The van der Waals surface area contributed by atoms with E-state index >= 15 is 0 Å². The Morgan fingerprint density at radius 2 is 1.73 bits per heavy atom. The maximum absolute atomic E-state index is 3.30. The molecule has 0 fully saturated rings. The third-order valence-electron chi connectivity index (χ3n) is 5.02. The molecule has 2 heteroatoms. The van der Waals surface area contributed by atoms with Crippen LogP contribution < -0.4 is 5.32 Å². The zero-order valence-electron chi connectivity index (χ0n) is 13.5. The van der Waals surface area contributed by atoms with Crippen LogP contribution in [0.1, 0.15) is 48.8 Å². The van der Waals surface area contributed by atoms with Gasteiger partial charge in [0.2, 0.25) is 0 Å². The van der Waals surface area contributed by atoms with Gasteiger partial charge in [0.05, 0.1) is 0 Å². The topological polar surface area (TPSA) is 12.0 Å². The van der Waals surface area contributed by atoms with Gasteiger partial charge in [0.25, 0.3) is 0 Å². The lowest BCUT2D eigenvalue weighted by molar-refractivity contribution is 0.428. The van der Waals surface area contributed by atoms with Crippen LogP contribution in [0, 0.1) is 0 Å². The second-order valence-electron chi connectivity index (χ2n) is 6.35. The largest absolute Gasteiger partial charge is 0.320 e. The molecule has 2 aromatic rings. The third kappa shape index (κ3) is 2.93. The van der Waals surface area contributed by atoms with Crippen molar-refractivity contribution in [1.29, 1.82) is 0 Å². The molecule has 3 rings (SSSR count).